The molecular formula is C77H134O6. The molecule has 478 valence electrons. The highest BCUT2D eigenvalue weighted by atomic mass is 16.6. The molecule has 83 heavy (non-hydrogen) atoms. The minimum Gasteiger partial charge on any atom is -0.462 e. The Hall–Kier alpha value is -3.67. The van der Waals surface area contributed by atoms with Crippen LogP contribution in [0.3, 0.4) is 0 Å². The van der Waals surface area contributed by atoms with Crippen molar-refractivity contribution in [1.29, 1.82) is 0 Å². The highest BCUT2D eigenvalue weighted by molar-refractivity contribution is 5.71. The van der Waals surface area contributed by atoms with Gasteiger partial charge in [0.25, 0.3) is 0 Å². The first kappa shape index (κ1) is 79.3. The molecule has 6 heteroatoms. The van der Waals surface area contributed by atoms with Gasteiger partial charge in [-0.05, 0) is 96.3 Å². The van der Waals surface area contributed by atoms with E-state index in [4.69, 9.17) is 14.2 Å². The minimum absolute atomic E-state index is 0.0822. The first-order chi connectivity index (χ1) is 41.0. The fourth-order valence-electron chi connectivity index (χ4n) is 10.3. The van der Waals surface area contributed by atoms with Crippen molar-refractivity contribution in [3.63, 3.8) is 0 Å². The quantitative estimate of drug-likeness (QED) is 0.0261. The molecule has 6 nitrogen and oxygen atoms in total. The maximum atomic E-state index is 13.0. The average molecular weight is 1160 g/mol. The van der Waals surface area contributed by atoms with Crippen LogP contribution in [0.5, 0.6) is 0 Å². The van der Waals surface area contributed by atoms with Crippen molar-refractivity contribution in [3.05, 3.63) is 97.2 Å². The van der Waals surface area contributed by atoms with E-state index in [1.165, 1.54) is 193 Å². The van der Waals surface area contributed by atoms with E-state index in [0.717, 1.165) is 122 Å². The summed E-state index contributed by atoms with van der Waals surface area (Å²) in [5.41, 5.74) is 0. The lowest BCUT2D eigenvalue weighted by Crippen LogP contribution is -2.30. The zero-order valence-electron chi connectivity index (χ0n) is 54.9. The summed E-state index contributed by atoms with van der Waals surface area (Å²) in [6.07, 6.45) is 95.8. The Morgan fingerprint density at radius 1 is 0.253 bits per heavy atom. The Labute approximate surface area is 515 Å². The number of unbranched alkanes of at least 4 members (excludes halogenated alkanes) is 38. The largest absolute Gasteiger partial charge is 0.462 e. The second-order valence-corrected chi connectivity index (χ2v) is 23.7. The molecule has 0 bridgehead atoms. The van der Waals surface area contributed by atoms with Gasteiger partial charge in [-0.2, -0.15) is 0 Å². The molecule has 0 aromatic rings. The molecule has 1 atom stereocenters. The highest BCUT2D eigenvalue weighted by Gasteiger charge is 2.19. The van der Waals surface area contributed by atoms with Crippen LogP contribution in [0.4, 0.5) is 0 Å². The van der Waals surface area contributed by atoms with Crippen molar-refractivity contribution in [1.82, 2.24) is 0 Å². The Morgan fingerprint density at radius 2 is 0.470 bits per heavy atom. The van der Waals surface area contributed by atoms with Gasteiger partial charge in [0, 0.05) is 19.3 Å². The third kappa shape index (κ3) is 69.0. The van der Waals surface area contributed by atoms with Gasteiger partial charge in [0.1, 0.15) is 13.2 Å². The van der Waals surface area contributed by atoms with Crippen LogP contribution in [0, 0.1) is 0 Å². The lowest BCUT2D eigenvalue weighted by molar-refractivity contribution is -0.167. The SMILES string of the molecule is CC/C=C\C/C=C\C/C=C\C/C=C\CCCCCCCCCCCCCCCCC(=O)OCC(COC(=O)CCCCCC/C=C\C/C=C\C/C=C\C/C=C\CC)OC(=O)CCCCCCCCCCCCCCCCCCCCCCC. The molecule has 0 saturated heterocycles. The molecule has 0 fully saturated rings. The van der Waals surface area contributed by atoms with Crippen LogP contribution in [0.25, 0.3) is 0 Å². The summed E-state index contributed by atoms with van der Waals surface area (Å²) in [6, 6.07) is 0. The van der Waals surface area contributed by atoms with Gasteiger partial charge < -0.3 is 14.2 Å². The number of rotatable bonds is 65. The van der Waals surface area contributed by atoms with E-state index < -0.39 is 6.10 Å². The molecule has 0 amide bonds. The third-order valence-corrected chi connectivity index (χ3v) is 15.6. The van der Waals surface area contributed by atoms with Crippen molar-refractivity contribution in [2.45, 2.75) is 361 Å². The topological polar surface area (TPSA) is 78.9 Å². The Morgan fingerprint density at radius 3 is 0.735 bits per heavy atom. The lowest BCUT2D eigenvalue weighted by atomic mass is 10.0. The molecule has 1 unspecified atom stereocenters. The van der Waals surface area contributed by atoms with Gasteiger partial charge in [-0.25, -0.2) is 0 Å². The van der Waals surface area contributed by atoms with Gasteiger partial charge in [-0.3, -0.25) is 14.4 Å². The summed E-state index contributed by atoms with van der Waals surface area (Å²) >= 11 is 0. The molecule has 0 aliphatic heterocycles. The molecule has 0 radical (unpaired) electrons. The summed E-state index contributed by atoms with van der Waals surface area (Å²) in [7, 11) is 0. The van der Waals surface area contributed by atoms with Crippen LogP contribution in [0.15, 0.2) is 97.2 Å². The molecule has 0 spiro atoms. The third-order valence-electron chi connectivity index (χ3n) is 15.6. The lowest BCUT2D eigenvalue weighted by Gasteiger charge is -2.18. The van der Waals surface area contributed by atoms with Gasteiger partial charge in [0.15, 0.2) is 6.10 Å². The number of hydrogen-bond donors (Lipinski definition) is 0. The van der Waals surface area contributed by atoms with E-state index in [-0.39, 0.29) is 31.1 Å². The summed E-state index contributed by atoms with van der Waals surface area (Å²) in [4.78, 5) is 38.5. The van der Waals surface area contributed by atoms with Crippen molar-refractivity contribution in [3.8, 4) is 0 Å². The molecule has 0 saturated carbocycles. The van der Waals surface area contributed by atoms with E-state index in [0.29, 0.717) is 19.3 Å². The van der Waals surface area contributed by atoms with Gasteiger partial charge in [0.2, 0.25) is 0 Å². The summed E-state index contributed by atoms with van der Waals surface area (Å²) in [5.74, 6) is -0.887. The monoisotopic (exact) mass is 1160 g/mol. The van der Waals surface area contributed by atoms with Crippen LogP contribution in [0.2, 0.25) is 0 Å². The maximum Gasteiger partial charge on any atom is 0.306 e. The molecular weight excluding hydrogens is 1020 g/mol. The second-order valence-electron chi connectivity index (χ2n) is 23.7. The van der Waals surface area contributed by atoms with Gasteiger partial charge in [0.05, 0.1) is 0 Å². The molecule has 0 aromatic carbocycles. The number of esters is 3. The highest BCUT2D eigenvalue weighted by Crippen LogP contribution is 2.18. The molecule has 0 aromatic heterocycles. The molecule has 0 heterocycles. The number of carbonyl (C=O) groups is 3. The summed E-state index contributed by atoms with van der Waals surface area (Å²) in [5, 5.41) is 0. The maximum absolute atomic E-state index is 13.0. The van der Waals surface area contributed by atoms with Gasteiger partial charge in [-0.15, -0.1) is 0 Å². The first-order valence-corrected chi connectivity index (χ1v) is 35.7. The predicted octanol–water partition coefficient (Wildman–Crippen LogP) is 24.8. The molecule has 0 aliphatic rings. The van der Waals surface area contributed by atoms with E-state index in [9.17, 15) is 14.4 Å². The van der Waals surface area contributed by atoms with Gasteiger partial charge >= 0.3 is 17.9 Å². The normalized spacial score (nSPS) is 12.7. The van der Waals surface area contributed by atoms with Crippen molar-refractivity contribution in [2.75, 3.05) is 13.2 Å². The Bertz CT molecular complexity index is 1610. The van der Waals surface area contributed by atoms with E-state index in [1.54, 1.807) is 0 Å². The van der Waals surface area contributed by atoms with Gasteiger partial charge in [-0.1, -0.05) is 336 Å². The summed E-state index contributed by atoms with van der Waals surface area (Å²) < 4.78 is 17.0. The van der Waals surface area contributed by atoms with Crippen molar-refractivity contribution in [2.24, 2.45) is 0 Å². The van der Waals surface area contributed by atoms with E-state index in [1.807, 2.05) is 0 Å². The van der Waals surface area contributed by atoms with Crippen LogP contribution in [-0.4, -0.2) is 37.2 Å². The van der Waals surface area contributed by atoms with Crippen molar-refractivity contribution < 1.29 is 28.6 Å². The van der Waals surface area contributed by atoms with Crippen LogP contribution < -0.4 is 0 Å². The van der Waals surface area contributed by atoms with E-state index in [2.05, 4.69) is 118 Å². The molecule has 0 rings (SSSR count). The van der Waals surface area contributed by atoms with Crippen molar-refractivity contribution >= 4 is 17.9 Å². The number of allylic oxidation sites excluding steroid dienone is 16. The summed E-state index contributed by atoms with van der Waals surface area (Å²) in [6.45, 7) is 6.45. The van der Waals surface area contributed by atoms with Crippen LogP contribution in [0.1, 0.15) is 355 Å². The fourth-order valence-corrected chi connectivity index (χ4v) is 10.3. The standard InChI is InChI=1S/C77H134O6/c1-4-7-10-13-16-19-22-25-28-31-33-35-36-37-38-39-40-42-43-46-49-52-55-58-61-64-67-70-76(79)82-73-74(72-81-75(78)69-66-63-60-57-54-51-48-45-30-27-24-21-18-15-12-9-6-3)83-77(80)71-68-65-62-59-56-53-50-47-44-41-34-32-29-26-23-20-17-14-11-8-5-2/h7,9-10,12,16,18-19,21,25,27-28,30,33,35,48,51,74H,4-6,8,11,13-15,17,20,22-24,26,29,31-32,34,36-47,49-50,52-73H2,1-3H3/b10-7-,12-9-,19-16-,21-18-,28-25-,30-27-,35-33-,51-48-. The zero-order chi connectivity index (χ0) is 59.9. The van der Waals surface area contributed by atoms with E-state index >= 15 is 0 Å². The zero-order valence-corrected chi connectivity index (χ0v) is 54.9. The Kier molecular flexibility index (Phi) is 67.7. The molecule has 0 N–H and O–H groups in total. The smallest absolute Gasteiger partial charge is 0.306 e. The second kappa shape index (κ2) is 70.8. The first-order valence-electron chi connectivity index (χ1n) is 35.7. The number of ether oxygens (including phenoxy) is 3. The predicted molar refractivity (Wildman–Crippen MR) is 362 cm³/mol. The minimum atomic E-state index is -0.788. The van der Waals surface area contributed by atoms with Crippen LogP contribution in [-0.2, 0) is 28.6 Å². The number of hydrogen-bond acceptors (Lipinski definition) is 6. The Balaban J connectivity index is 4.33. The average Bonchev–Trinajstić information content (AvgIpc) is 3.49. The molecule has 0 aliphatic carbocycles. The number of carbonyl (C=O) groups excluding carboxylic acids is 3. The van der Waals surface area contributed by atoms with Crippen LogP contribution >= 0.6 is 0 Å². The fraction of sp³-hybridized carbons (Fsp3) is 0.753.